The van der Waals surface area contributed by atoms with E-state index in [4.69, 9.17) is 4.74 Å². The van der Waals surface area contributed by atoms with Gasteiger partial charge in [-0.25, -0.2) is 0 Å². The van der Waals surface area contributed by atoms with Crippen LogP contribution in [0.3, 0.4) is 0 Å². The Morgan fingerprint density at radius 1 is 1.20 bits per heavy atom. The average Bonchev–Trinajstić information content (AvgIpc) is 3.22. The van der Waals surface area contributed by atoms with Gasteiger partial charge in [-0.2, -0.15) is 0 Å². The first-order chi connectivity index (χ1) is 9.56. The summed E-state index contributed by atoms with van der Waals surface area (Å²) in [5.41, 5.74) is 1.24. The second-order valence-corrected chi connectivity index (χ2v) is 7.18. The lowest BCUT2D eigenvalue weighted by Gasteiger charge is -2.41. The zero-order valence-corrected chi connectivity index (χ0v) is 12.6. The van der Waals surface area contributed by atoms with Crippen LogP contribution < -0.4 is 4.74 Å². The molecule has 20 heavy (non-hydrogen) atoms. The van der Waals surface area contributed by atoms with Gasteiger partial charge in [0.25, 0.3) is 0 Å². The van der Waals surface area contributed by atoms with Gasteiger partial charge >= 0.3 is 0 Å². The normalized spacial score (nSPS) is 27.1. The molecule has 0 saturated heterocycles. The molecule has 2 aliphatic rings. The first-order valence-corrected chi connectivity index (χ1v) is 8.01. The lowest BCUT2D eigenvalue weighted by molar-refractivity contribution is 0.00372. The molecule has 2 atom stereocenters. The molecule has 2 saturated carbocycles. The van der Waals surface area contributed by atoms with Crippen molar-refractivity contribution in [3.63, 3.8) is 0 Å². The summed E-state index contributed by atoms with van der Waals surface area (Å²) in [5.74, 6) is 1.27. The second-order valence-electron chi connectivity index (χ2n) is 7.18. The topological polar surface area (TPSA) is 29.5 Å². The summed E-state index contributed by atoms with van der Waals surface area (Å²) in [6, 6.07) is 8.08. The van der Waals surface area contributed by atoms with E-state index < -0.39 is 0 Å². The third kappa shape index (κ3) is 3.01. The molecule has 1 N–H and O–H groups in total. The first-order valence-electron chi connectivity index (χ1n) is 8.01. The van der Waals surface area contributed by atoms with Crippen molar-refractivity contribution in [1.82, 2.24) is 0 Å². The van der Waals surface area contributed by atoms with Crippen molar-refractivity contribution >= 4 is 0 Å². The van der Waals surface area contributed by atoms with Crippen LogP contribution in [0, 0.1) is 11.3 Å². The fraction of sp³-hybridized carbons (Fsp3) is 0.667. The van der Waals surface area contributed by atoms with E-state index in [-0.39, 0.29) is 11.5 Å². The molecule has 0 heterocycles. The van der Waals surface area contributed by atoms with Gasteiger partial charge in [-0.1, -0.05) is 38.8 Å². The number of hydrogen-bond donors (Lipinski definition) is 1. The maximum absolute atomic E-state index is 10.8. The molecule has 0 aliphatic heterocycles. The van der Waals surface area contributed by atoms with Crippen LogP contribution in [0.1, 0.15) is 64.0 Å². The highest BCUT2D eigenvalue weighted by atomic mass is 16.5. The molecule has 0 amide bonds. The fourth-order valence-electron chi connectivity index (χ4n) is 3.49. The van der Waals surface area contributed by atoms with E-state index >= 15 is 0 Å². The van der Waals surface area contributed by atoms with Crippen molar-refractivity contribution < 1.29 is 9.84 Å². The molecule has 2 unspecified atom stereocenters. The smallest absolute Gasteiger partial charge is 0.120 e. The molecule has 2 nitrogen and oxygen atoms in total. The van der Waals surface area contributed by atoms with Crippen LogP contribution >= 0.6 is 0 Å². The minimum atomic E-state index is -0.368. The van der Waals surface area contributed by atoms with Crippen molar-refractivity contribution in [3.8, 4) is 5.75 Å². The Bertz CT molecular complexity index is 462. The summed E-state index contributed by atoms with van der Waals surface area (Å²) in [6.07, 6.45) is 7.26. The maximum atomic E-state index is 10.8. The van der Waals surface area contributed by atoms with Crippen molar-refractivity contribution in [2.45, 2.75) is 64.6 Å². The van der Waals surface area contributed by atoms with E-state index in [0.717, 1.165) is 17.7 Å². The third-order valence-electron chi connectivity index (χ3n) is 5.00. The minimum absolute atomic E-state index is 0.227. The van der Waals surface area contributed by atoms with Gasteiger partial charge in [-0.3, -0.25) is 0 Å². The quantitative estimate of drug-likeness (QED) is 0.877. The molecule has 2 aliphatic carbocycles. The summed E-state index contributed by atoms with van der Waals surface area (Å²) >= 11 is 0. The lowest BCUT2D eigenvalue weighted by atomic mass is 9.65. The Morgan fingerprint density at radius 2 is 2.00 bits per heavy atom. The monoisotopic (exact) mass is 274 g/mol. The van der Waals surface area contributed by atoms with Gasteiger partial charge in [0.05, 0.1) is 12.2 Å². The highest BCUT2D eigenvalue weighted by Gasteiger charge is 2.37. The van der Waals surface area contributed by atoms with Crippen LogP contribution in [-0.2, 0) is 0 Å². The highest BCUT2D eigenvalue weighted by molar-refractivity contribution is 5.31. The van der Waals surface area contributed by atoms with Crippen LogP contribution in [0.25, 0.3) is 0 Å². The van der Waals surface area contributed by atoms with Crippen LogP contribution in [0.4, 0.5) is 0 Å². The molecule has 0 bridgehead atoms. The van der Waals surface area contributed by atoms with Crippen molar-refractivity contribution in [3.05, 3.63) is 29.8 Å². The zero-order chi connectivity index (χ0) is 14.2. The highest BCUT2D eigenvalue weighted by Crippen LogP contribution is 2.47. The number of rotatable bonds is 4. The minimum Gasteiger partial charge on any atom is -0.490 e. The van der Waals surface area contributed by atoms with E-state index in [1.54, 1.807) is 0 Å². The van der Waals surface area contributed by atoms with Crippen LogP contribution in [0.5, 0.6) is 5.75 Å². The van der Waals surface area contributed by atoms with Gasteiger partial charge in [0.1, 0.15) is 5.75 Å². The van der Waals surface area contributed by atoms with Gasteiger partial charge in [0.15, 0.2) is 0 Å². The number of aliphatic hydroxyl groups is 1. The molecule has 1 aromatic rings. The van der Waals surface area contributed by atoms with Gasteiger partial charge in [-0.15, -0.1) is 0 Å². The van der Waals surface area contributed by atoms with Gasteiger partial charge in [-0.05, 0) is 54.7 Å². The fourth-order valence-corrected chi connectivity index (χ4v) is 3.49. The molecular weight excluding hydrogens is 248 g/mol. The molecule has 2 heteroatoms. The predicted octanol–water partition coefficient (Wildman–Crippen LogP) is 4.48. The van der Waals surface area contributed by atoms with E-state index in [9.17, 15) is 5.11 Å². The van der Waals surface area contributed by atoms with Gasteiger partial charge in [0.2, 0.25) is 0 Å². The number of aliphatic hydroxyl groups excluding tert-OH is 1. The summed E-state index contributed by atoms with van der Waals surface area (Å²) in [6.45, 7) is 4.59. The SMILES string of the molecule is CC1(C)CCCCC1C(O)c1cccc(OC2CC2)c1. The van der Waals surface area contributed by atoms with Crippen molar-refractivity contribution in [1.29, 1.82) is 0 Å². The third-order valence-corrected chi connectivity index (χ3v) is 5.00. The molecular formula is C18H26O2. The number of benzene rings is 1. The van der Waals surface area contributed by atoms with Crippen LogP contribution in [0.15, 0.2) is 24.3 Å². The van der Waals surface area contributed by atoms with E-state index in [1.807, 2.05) is 24.3 Å². The Labute approximate surface area is 122 Å². The van der Waals surface area contributed by atoms with E-state index in [1.165, 1.54) is 32.1 Å². The summed E-state index contributed by atoms with van der Waals surface area (Å²) < 4.78 is 5.84. The van der Waals surface area contributed by atoms with E-state index in [0.29, 0.717) is 12.0 Å². The molecule has 3 rings (SSSR count). The Balaban J connectivity index is 1.76. The molecule has 110 valence electrons. The Morgan fingerprint density at radius 3 is 2.70 bits per heavy atom. The Kier molecular flexibility index (Phi) is 3.76. The zero-order valence-electron chi connectivity index (χ0n) is 12.6. The molecule has 2 fully saturated rings. The molecule has 0 spiro atoms. The molecule has 1 aromatic carbocycles. The van der Waals surface area contributed by atoms with Crippen molar-refractivity contribution in [2.24, 2.45) is 11.3 Å². The molecule has 0 aromatic heterocycles. The van der Waals surface area contributed by atoms with Crippen LogP contribution in [0.2, 0.25) is 0 Å². The molecule has 0 radical (unpaired) electrons. The summed E-state index contributed by atoms with van der Waals surface area (Å²) in [4.78, 5) is 0. The number of ether oxygens (including phenoxy) is 1. The number of hydrogen-bond acceptors (Lipinski definition) is 2. The largest absolute Gasteiger partial charge is 0.490 e. The lowest BCUT2D eigenvalue weighted by Crippen LogP contribution is -2.32. The maximum Gasteiger partial charge on any atom is 0.120 e. The van der Waals surface area contributed by atoms with Crippen molar-refractivity contribution in [2.75, 3.05) is 0 Å². The van der Waals surface area contributed by atoms with E-state index in [2.05, 4.69) is 13.8 Å². The first kappa shape index (κ1) is 13.9. The van der Waals surface area contributed by atoms with Gasteiger partial charge in [0, 0.05) is 0 Å². The second kappa shape index (κ2) is 5.40. The Hall–Kier alpha value is -1.02. The summed E-state index contributed by atoms with van der Waals surface area (Å²) in [7, 11) is 0. The predicted molar refractivity (Wildman–Crippen MR) is 80.8 cm³/mol. The average molecular weight is 274 g/mol. The van der Waals surface area contributed by atoms with Gasteiger partial charge < -0.3 is 9.84 Å². The summed E-state index contributed by atoms with van der Waals surface area (Å²) in [5, 5.41) is 10.8. The standard InChI is InChI=1S/C18H26O2/c1-18(2)11-4-3-8-16(18)17(19)13-6-5-7-15(12-13)20-14-9-10-14/h5-7,12,14,16-17,19H,3-4,8-11H2,1-2H3. The van der Waals surface area contributed by atoms with Crippen LogP contribution in [-0.4, -0.2) is 11.2 Å².